The number of fused-ring (bicyclic) bond motifs is 1. The topological polar surface area (TPSA) is 9.23 Å². The van der Waals surface area contributed by atoms with Gasteiger partial charge in [0.2, 0.25) is 0 Å². The van der Waals surface area contributed by atoms with Crippen molar-refractivity contribution in [2.45, 2.75) is 13.0 Å². The number of hydrogen-bond acceptors (Lipinski definition) is 1. The normalized spacial score (nSPS) is 16.4. The average molecular weight is 133 g/mol. The molecule has 1 aromatic carbocycles. The van der Waals surface area contributed by atoms with Crippen molar-refractivity contribution in [2.24, 2.45) is 0 Å². The van der Waals surface area contributed by atoms with Crippen LogP contribution >= 0.6 is 0 Å². The predicted octanol–water partition coefficient (Wildman–Crippen LogP) is 1.92. The standard InChI is InChI=1S/C9H9O/c1-2-4-9-7-10-6-5-8(9)3-1/h1-4,6H,5,7H2. The third kappa shape index (κ3) is 0.929. The van der Waals surface area contributed by atoms with Crippen LogP contribution in [0.25, 0.3) is 0 Å². The minimum atomic E-state index is 0.746. The van der Waals surface area contributed by atoms with Crippen LogP contribution in [0.3, 0.4) is 0 Å². The Morgan fingerprint density at radius 1 is 1.10 bits per heavy atom. The van der Waals surface area contributed by atoms with Gasteiger partial charge < -0.3 is 4.74 Å². The van der Waals surface area contributed by atoms with Crippen molar-refractivity contribution in [3.05, 3.63) is 42.0 Å². The number of hydrogen-bond donors (Lipinski definition) is 0. The van der Waals surface area contributed by atoms with Gasteiger partial charge in [-0.2, -0.15) is 0 Å². The number of rotatable bonds is 0. The van der Waals surface area contributed by atoms with Crippen molar-refractivity contribution < 1.29 is 4.74 Å². The quantitative estimate of drug-likeness (QED) is 0.525. The van der Waals surface area contributed by atoms with Gasteiger partial charge in [0.05, 0.1) is 13.2 Å². The molecule has 0 saturated heterocycles. The van der Waals surface area contributed by atoms with E-state index in [1.165, 1.54) is 11.1 Å². The Morgan fingerprint density at radius 2 is 1.90 bits per heavy atom. The van der Waals surface area contributed by atoms with E-state index in [9.17, 15) is 0 Å². The van der Waals surface area contributed by atoms with Crippen LogP contribution in [-0.2, 0) is 17.8 Å². The minimum absolute atomic E-state index is 0.746. The van der Waals surface area contributed by atoms with Gasteiger partial charge in [0, 0.05) is 6.42 Å². The van der Waals surface area contributed by atoms with E-state index in [-0.39, 0.29) is 0 Å². The van der Waals surface area contributed by atoms with Gasteiger partial charge in [0.25, 0.3) is 0 Å². The summed E-state index contributed by atoms with van der Waals surface area (Å²) in [6.45, 7) is 2.61. The Bertz CT molecular complexity index is 205. The molecular formula is C9H9O. The second-order valence-electron chi connectivity index (χ2n) is 2.45. The molecule has 10 heavy (non-hydrogen) atoms. The van der Waals surface area contributed by atoms with Gasteiger partial charge in [-0.25, -0.2) is 0 Å². The van der Waals surface area contributed by atoms with E-state index in [2.05, 4.69) is 18.2 Å². The van der Waals surface area contributed by atoms with Crippen LogP contribution in [0.1, 0.15) is 11.1 Å². The van der Waals surface area contributed by atoms with Crippen LogP contribution in [0.2, 0.25) is 0 Å². The third-order valence-corrected chi connectivity index (χ3v) is 1.78. The molecular weight excluding hydrogens is 124 g/mol. The Labute approximate surface area is 60.6 Å². The molecule has 0 aromatic heterocycles. The van der Waals surface area contributed by atoms with Crippen molar-refractivity contribution in [2.75, 3.05) is 0 Å². The lowest BCUT2D eigenvalue weighted by molar-refractivity contribution is 0.170. The Kier molecular flexibility index (Phi) is 1.44. The van der Waals surface area contributed by atoms with E-state index < -0.39 is 0 Å². The van der Waals surface area contributed by atoms with Crippen LogP contribution in [0.15, 0.2) is 24.3 Å². The van der Waals surface area contributed by atoms with Crippen molar-refractivity contribution in [1.82, 2.24) is 0 Å². The summed E-state index contributed by atoms with van der Waals surface area (Å²) < 4.78 is 5.17. The summed E-state index contributed by atoms with van der Waals surface area (Å²) in [6.07, 6.45) is 0.955. The predicted molar refractivity (Wildman–Crippen MR) is 39.2 cm³/mol. The average Bonchev–Trinajstić information content (AvgIpc) is 2.05. The molecule has 0 aliphatic carbocycles. The summed E-state index contributed by atoms with van der Waals surface area (Å²) >= 11 is 0. The molecule has 1 aliphatic heterocycles. The van der Waals surface area contributed by atoms with Crippen LogP contribution in [0.5, 0.6) is 0 Å². The van der Waals surface area contributed by atoms with E-state index in [1.54, 1.807) is 0 Å². The second-order valence-corrected chi connectivity index (χ2v) is 2.45. The molecule has 0 amide bonds. The van der Waals surface area contributed by atoms with E-state index >= 15 is 0 Å². The number of ether oxygens (including phenoxy) is 1. The van der Waals surface area contributed by atoms with E-state index in [0.717, 1.165) is 13.0 Å². The first-order valence-electron chi connectivity index (χ1n) is 3.47. The van der Waals surface area contributed by atoms with E-state index in [1.807, 2.05) is 12.7 Å². The zero-order chi connectivity index (χ0) is 6.81. The molecule has 0 unspecified atom stereocenters. The zero-order valence-electron chi connectivity index (χ0n) is 5.71. The van der Waals surface area contributed by atoms with Gasteiger partial charge in [-0.05, 0) is 11.1 Å². The highest BCUT2D eigenvalue weighted by atomic mass is 16.5. The lowest BCUT2D eigenvalue weighted by atomic mass is 10.0. The molecule has 0 bridgehead atoms. The summed E-state index contributed by atoms with van der Waals surface area (Å²) in [4.78, 5) is 0. The summed E-state index contributed by atoms with van der Waals surface area (Å²) in [7, 11) is 0. The molecule has 1 aliphatic rings. The largest absolute Gasteiger partial charge is 0.370 e. The summed E-state index contributed by atoms with van der Waals surface area (Å²) in [5.74, 6) is 0. The molecule has 1 aromatic rings. The van der Waals surface area contributed by atoms with Gasteiger partial charge in [-0.15, -0.1) is 0 Å². The van der Waals surface area contributed by atoms with Crippen molar-refractivity contribution >= 4 is 0 Å². The number of benzene rings is 1. The highest BCUT2D eigenvalue weighted by molar-refractivity contribution is 5.28. The molecule has 2 rings (SSSR count). The van der Waals surface area contributed by atoms with Crippen LogP contribution in [0, 0.1) is 6.61 Å². The Balaban J connectivity index is 2.41. The fourth-order valence-corrected chi connectivity index (χ4v) is 1.19. The molecule has 0 spiro atoms. The van der Waals surface area contributed by atoms with Crippen LogP contribution < -0.4 is 0 Å². The fraction of sp³-hybridized carbons (Fsp3) is 0.222. The maximum absolute atomic E-state index is 5.17. The first kappa shape index (κ1) is 5.93. The molecule has 1 radical (unpaired) electrons. The van der Waals surface area contributed by atoms with Crippen molar-refractivity contribution in [3.8, 4) is 0 Å². The highest BCUT2D eigenvalue weighted by Crippen LogP contribution is 2.17. The van der Waals surface area contributed by atoms with Gasteiger partial charge >= 0.3 is 0 Å². The first-order valence-corrected chi connectivity index (χ1v) is 3.47. The maximum atomic E-state index is 5.17. The fourth-order valence-electron chi connectivity index (χ4n) is 1.19. The lowest BCUT2D eigenvalue weighted by Crippen LogP contribution is -2.04. The smallest absolute Gasteiger partial charge is 0.0885 e. The van der Waals surface area contributed by atoms with Crippen molar-refractivity contribution in [3.63, 3.8) is 0 Å². The van der Waals surface area contributed by atoms with E-state index in [4.69, 9.17) is 4.74 Å². The van der Waals surface area contributed by atoms with Crippen molar-refractivity contribution in [1.29, 1.82) is 0 Å². The minimum Gasteiger partial charge on any atom is -0.370 e. The molecule has 1 nitrogen and oxygen atoms in total. The second kappa shape index (κ2) is 2.43. The highest BCUT2D eigenvalue weighted by Gasteiger charge is 2.06. The molecule has 0 N–H and O–H groups in total. The van der Waals surface area contributed by atoms with Crippen LogP contribution in [-0.4, -0.2) is 0 Å². The molecule has 51 valence electrons. The maximum Gasteiger partial charge on any atom is 0.0885 e. The van der Waals surface area contributed by atoms with Gasteiger partial charge in [0.15, 0.2) is 0 Å². The van der Waals surface area contributed by atoms with Gasteiger partial charge in [0.1, 0.15) is 0 Å². The molecule has 0 fully saturated rings. The summed E-state index contributed by atoms with van der Waals surface area (Å²) in [6, 6.07) is 8.38. The summed E-state index contributed by atoms with van der Waals surface area (Å²) in [5.41, 5.74) is 2.72. The molecule has 0 saturated carbocycles. The zero-order valence-corrected chi connectivity index (χ0v) is 5.71. The molecule has 0 atom stereocenters. The van der Waals surface area contributed by atoms with E-state index in [0.29, 0.717) is 0 Å². The summed E-state index contributed by atoms with van der Waals surface area (Å²) in [5, 5.41) is 0. The Morgan fingerprint density at radius 3 is 2.70 bits per heavy atom. The monoisotopic (exact) mass is 133 g/mol. The van der Waals surface area contributed by atoms with Gasteiger partial charge in [-0.3, -0.25) is 0 Å². The van der Waals surface area contributed by atoms with Crippen LogP contribution in [0.4, 0.5) is 0 Å². The SMILES string of the molecule is [CH]1Cc2ccccc2CO1. The van der Waals surface area contributed by atoms with Gasteiger partial charge in [-0.1, -0.05) is 24.3 Å². The third-order valence-electron chi connectivity index (χ3n) is 1.78. The lowest BCUT2D eigenvalue weighted by Gasteiger charge is -2.14. The first-order chi connectivity index (χ1) is 4.97. The molecule has 1 heteroatoms. The molecule has 1 heterocycles. The Hall–Kier alpha value is -0.820.